The Morgan fingerprint density at radius 1 is 0.600 bits per heavy atom. The number of hydrogen-bond donors (Lipinski definition) is 0. The maximum Gasteiger partial charge on any atom is 0.102 e. The molecule has 1 saturated heterocycles. The van der Waals surface area contributed by atoms with E-state index >= 15 is 0 Å². The van der Waals surface area contributed by atoms with Crippen LogP contribution in [0.4, 0.5) is 0 Å². The molecular weight excluding hydrogens is 310 g/mol. The van der Waals surface area contributed by atoms with E-state index in [-0.39, 0.29) is 4.65 Å². The Morgan fingerprint density at radius 2 is 0.960 bits per heavy atom. The third-order valence-electron chi connectivity index (χ3n) is 5.71. The minimum atomic E-state index is -0.00139. The highest BCUT2D eigenvalue weighted by Gasteiger charge is 2.20. The molecule has 150 valence electrons. The quantitative estimate of drug-likeness (QED) is 0.167. The molecule has 1 aliphatic rings. The lowest BCUT2D eigenvalue weighted by Crippen LogP contribution is -2.50. The molecule has 0 amide bonds. The SMILES string of the molecule is CCCCCCCCCCCCCCCCCC[N+]1([O-])CCOCC1. The highest BCUT2D eigenvalue weighted by Crippen LogP contribution is 2.15. The van der Waals surface area contributed by atoms with Crippen molar-refractivity contribution in [3.05, 3.63) is 5.21 Å². The van der Waals surface area contributed by atoms with Gasteiger partial charge in [0.15, 0.2) is 0 Å². The monoisotopic (exact) mass is 355 g/mol. The second-order valence-corrected chi connectivity index (χ2v) is 8.14. The Labute approximate surface area is 157 Å². The van der Waals surface area contributed by atoms with Crippen LogP contribution in [0, 0.1) is 5.21 Å². The van der Waals surface area contributed by atoms with Crippen molar-refractivity contribution in [2.24, 2.45) is 0 Å². The van der Waals surface area contributed by atoms with Crippen LogP contribution in [0.3, 0.4) is 0 Å². The van der Waals surface area contributed by atoms with Gasteiger partial charge in [-0.1, -0.05) is 96.8 Å². The number of morpholine rings is 1. The fourth-order valence-electron chi connectivity index (χ4n) is 3.85. The fraction of sp³-hybridized carbons (Fsp3) is 1.00. The minimum absolute atomic E-state index is 0.00139. The van der Waals surface area contributed by atoms with E-state index in [1.165, 1.54) is 96.3 Å². The number of nitrogens with zero attached hydrogens (tertiary/aromatic N) is 1. The van der Waals surface area contributed by atoms with Gasteiger partial charge in [-0.05, 0) is 12.8 Å². The van der Waals surface area contributed by atoms with Gasteiger partial charge in [0.25, 0.3) is 0 Å². The molecule has 0 saturated carbocycles. The summed E-state index contributed by atoms with van der Waals surface area (Å²) in [7, 11) is 0. The van der Waals surface area contributed by atoms with Crippen molar-refractivity contribution in [2.45, 2.75) is 110 Å². The predicted molar refractivity (Wildman–Crippen MR) is 109 cm³/mol. The van der Waals surface area contributed by atoms with Crippen molar-refractivity contribution in [1.82, 2.24) is 0 Å². The number of unbranched alkanes of at least 4 members (excludes halogenated alkanes) is 15. The summed E-state index contributed by atoms with van der Waals surface area (Å²) in [6.45, 7) is 5.73. The van der Waals surface area contributed by atoms with Crippen molar-refractivity contribution in [2.75, 3.05) is 32.8 Å². The van der Waals surface area contributed by atoms with Gasteiger partial charge in [0.05, 0.1) is 19.8 Å². The molecule has 25 heavy (non-hydrogen) atoms. The summed E-state index contributed by atoms with van der Waals surface area (Å²) in [6, 6.07) is 0. The van der Waals surface area contributed by atoms with Crippen molar-refractivity contribution in [3.63, 3.8) is 0 Å². The van der Waals surface area contributed by atoms with Crippen LogP contribution < -0.4 is 0 Å². The van der Waals surface area contributed by atoms with Gasteiger partial charge >= 0.3 is 0 Å². The van der Waals surface area contributed by atoms with Gasteiger partial charge in [-0.25, -0.2) is 0 Å². The van der Waals surface area contributed by atoms with Gasteiger partial charge in [-0.2, -0.15) is 0 Å². The zero-order chi connectivity index (χ0) is 18.1. The number of quaternary nitrogens is 1. The first-order chi connectivity index (χ1) is 12.3. The van der Waals surface area contributed by atoms with Crippen LogP contribution in [0.1, 0.15) is 110 Å². The van der Waals surface area contributed by atoms with Crippen molar-refractivity contribution < 1.29 is 9.38 Å². The zero-order valence-electron chi connectivity index (χ0n) is 17.1. The van der Waals surface area contributed by atoms with Gasteiger partial charge < -0.3 is 14.6 Å². The van der Waals surface area contributed by atoms with Gasteiger partial charge in [0.2, 0.25) is 0 Å². The summed E-state index contributed by atoms with van der Waals surface area (Å²) in [4.78, 5) is 0. The molecule has 0 aromatic rings. The molecule has 0 aromatic carbocycles. The summed E-state index contributed by atoms with van der Waals surface area (Å²) in [5, 5.41) is 12.3. The molecule has 0 bridgehead atoms. The van der Waals surface area contributed by atoms with E-state index in [9.17, 15) is 5.21 Å². The minimum Gasteiger partial charge on any atom is -0.633 e. The van der Waals surface area contributed by atoms with E-state index in [2.05, 4.69) is 6.92 Å². The largest absolute Gasteiger partial charge is 0.633 e. The lowest BCUT2D eigenvalue weighted by molar-refractivity contribution is -0.888. The van der Waals surface area contributed by atoms with Crippen LogP contribution in [0.15, 0.2) is 0 Å². The smallest absolute Gasteiger partial charge is 0.102 e. The topological polar surface area (TPSA) is 32.3 Å². The molecule has 0 aliphatic carbocycles. The zero-order valence-corrected chi connectivity index (χ0v) is 17.1. The van der Waals surface area contributed by atoms with Crippen LogP contribution in [0.2, 0.25) is 0 Å². The second kappa shape index (κ2) is 16.1. The molecule has 1 rings (SSSR count). The van der Waals surface area contributed by atoms with Crippen LogP contribution in [-0.2, 0) is 4.74 Å². The maximum atomic E-state index is 12.3. The summed E-state index contributed by atoms with van der Waals surface area (Å²) in [5.74, 6) is 0. The van der Waals surface area contributed by atoms with Gasteiger partial charge in [0, 0.05) is 0 Å². The highest BCUT2D eigenvalue weighted by molar-refractivity contribution is 4.53. The Hall–Kier alpha value is -0.120. The van der Waals surface area contributed by atoms with E-state index in [0.29, 0.717) is 26.3 Å². The van der Waals surface area contributed by atoms with Crippen LogP contribution in [-0.4, -0.2) is 37.5 Å². The van der Waals surface area contributed by atoms with Crippen LogP contribution in [0.25, 0.3) is 0 Å². The number of hydrogen-bond acceptors (Lipinski definition) is 2. The molecule has 0 atom stereocenters. The van der Waals surface area contributed by atoms with E-state index in [4.69, 9.17) is 4.74 Å². The lowest BCUT2D eigenvalue weighted by atomic mass is 10.0. The van der Waals surface area contributed by atoms with Crippen LogP contribution >= 0.6 is 0 Å². The molecule has 1 heterocycles. The van der Waals surface area contributed by atoms with Crippen molar-refractivity contribution in [3.8, 4) is 0 Å². The molecule has 3 nitrogen and oxygen atoms in total. The van der Waals surface area contributed by atoms with Gasteiger partial charge in [-0.3, -0.25) is 0 Å². The predicted octanol–water partition coefficient (Wildman–Crippen LogP) is 6.59. The summed E-state index contributed by atoms with van der Waals surface area (Å²) >= 11 is 0. The van der Waals surface area contributed by atoms with Gasteiger partial charge in [0.1, 0.15) is 13.1 Å². The Kier molecular flexibility index (Phi) is 14.7. The Balaban J connectivity index is 1.72. The number of rotatable bonds is 17. The van der Waals surface area contributed by atoms with Crippen molar-refractivity contribution >= 4 is 0 Å². The van der Waals surface area contributed by atoms with E-state index in [0.717, 1.165) is 13.0 Å². The highest BCUT2D eigenvalue weighted by atomic mass is 16.6. The molecule has 1 fully saturated rings. The third-order valence-corrected chi connectivity index (χ3v) is 5.71. The van der Waals surface area contributed by atoms with Crippen LogP contribution in [0.5, 0.6) is 0 Å². The molecule has 1 aliphatic heterocycles. The first-order valence-electron chi connectivity index (χ1n) is 11.4. The standard InChI is InChI=1S/C22H45NO2/c1-2-3-4-5-6-7-8-9-10-11-12-13-14-15-16-17-18-23(24)19-21-25-22-20-23/h2-22H2,1H3. The lowest BCUT2D eigenvalue weighted by Gasteiger charge is -2.45. The fourth-order valence-corrected chi connectivity index (χ4v) is 3.85. The number of hydroxylamine groups is 3. The molecule has 0 N–H and O–H groups in total. The molecule has 0 radical (unpaired) electrons. The van der Waals surface area contributed by atoms with E-state index < -0.39 is 0 Å². The molecule has 0 aromatic heterocycles. The average Bonchev–Trinajstić information content (AvgIpc) is 2.62. The van der Waals surface area contributed by atoms with Gasteiger partial charge in [-0.15, -0.1) is 0 Å². The van der Waals surface area contributed by atoms with Crippen molar-refractivity contribution in [1.29, 1.82) is 0 Å². The maximum absolute atomic E-state index is 12.3. The molecule has 3 heteroatoms. The summed E-state index contributed by atoms with van der Waals surface area (Å²) in [5.41, 5.74) is 0. The molecule has 0 spiro atoms. The molecule has 0 unspecified atom stereocenters. The Bertz CT molecular complexity index is 277. The number of ether oxygens (including phenoxy) is 1. The first kappa shape index (κ1) is 22.9. The second-order valence-electron chi connectivity index (χ2n) is 8.14. The summed E-state index contributed by atoms with van der Waals surface area (Å²) < 4.78 is 5.28. The summed E-state index contributed by atoms with van der Waals surface area (Å²) in [6.07, 6.45) is 22.2. The normalized spacial score (nSPS) is 17.0. The van der Waals surface area contributed by atoms with E-state index in [1.54, 1.807) is 0 Å². The molecular formula is C22H45NO2. The Morgan fingerprint density at radius 3 is 1.36 bits per heavy atom. The first-order valence-corrected chi connectivity index (χ1v) is 11.4. The average molecular weight is 356 g/mol. The third kappa shape index (κ3) is 13.7. The van der Waals surface area contributed by atoms with E-state index in [1.807, 2.05) is 0 Å².